The highest BCUT2D eigenvalue weighted by Crippen LogP contribution is 2.21. The standard InChI is InChI=1S/C14H23N3O/c1-9(2)13(15)14(18)16-12-7-6-11(17(4)5)8-10(12)3/h6-9,13H,15H2,1-5H3,(H,16,18)/t13-/m0/s1. The predicted octanol–water partition coefficient (Wildman–Crippen LogP) is 1.98. The number of amides is 1. The summed E-state index contributed by atoms with van der Waals surface area (Å²) in [5.74, 6) is -0.00272. The second-order valence-corrected chi connectivity index (χ2v) is 5.15. The molecular weight excluding hydrogens is 226 g/mol. The molecule has 0 aliphatic heterocycles. The quantitative estimate of drug-likeness (QED) is 0.858. The van der Waals surface area contributed by atoms with E-state index in [9.17, 15) is 4.79 Å². The Morgan fingerprint density at radius 1 is 1.33 bits per heavy atom. The van der Waals surface area contributed by atoms with Crippen molar-refractivity contribution in [3.8, 4) is 0 Å². The number of hydrogen-bond donors (Lipinski definition) is 2. The maximum atomic E-state index is 11.9. The molecule has 4 heteroatoms. The SMILES string of the molecule is Cc1cc(N(C)C)ccc1NC(=O)[C@@H](N)C(C)C. The van der Waals surface area contributed by atoms with E-state index in [4.69, 9.17) is 5.73 Å². The summed E-state index contributed by atoms with van der Waals surface area (Å²) in [5.41, 5.74) is 8.78. The number of nitrogens with two attached hydrogens (primary N) is 1. The van der Waals surface area contributed by atoms with Crippen molar-refractivity contribution >= 4 is 17.3 Å². The van der Waals surface area contributed by atoms with Crippen LogP contribution in [0.3, 0.4) is 0 Å². The topological polar surface area (TPSA) is 58.4 Å². The lowest BCUT2D eigenvalue weighted by atomic mass is 10.0. The normalized spacial score (nSPS) is 12.4. The van der Waals surface area contributed by atoms with Crippen LogP contribution in [0.2, 0.25) is 0 Å². The Kier molecular flexibility index (Phi) is 4.73. The van der Waals surface area contributed by atoms with Gasteiger partial charge in [0.05, 0.1) is 6.04 Å². The average molecular weight is 249 g/mol. The van der Waals surface area contributed by atoms with Crippen LogP contribution in [0.4, 0.5) is 11.4 Å². The van der Waals surface area contributed by atoms with Crippen LogP contribution < -0.4 is 16.0 Å². The summed E-state index contributed by atoms with van der Waals surface area (Å²) >= 11 is 0. The molecule has 0 saturated heterocycles. The second-order valence-electron chi connectivity index (χ2n) is 5.15. The van der Waals surface area contributed by atoms with E-state index in [0.717, 1.165) is 16.9 Å². The molecule has 3 N–H and O–H groups in total. The summed E-state index contributed by atoms with van der Waals surface area (Å²) in [6.45, 7) is 5.85. The van der Waals surface area contributed by atoms with Gasteiger partial charge in [0.1, 0.15) is 0 Å². The van der Waals surface area contributed by atoms with Crippen molar-refractivity contribution in [1.29, 1.82) is 0 Å². The molecule has 1 aromatic carbocycles. The molecule has 1 atom stereocenters. The van der Waals surface area contributed by atoms with E-state index < -0.39 is 6.04 Å². The molecule has 0 fully saturated rings. The van der Waals surface area contributed by atoms with Gasteiger partial charge in [-0.1, -0.05) is 13.8 Å². The van der Waals surface area contributed by atoms with Crippen molar-refractivity contribution in [3.05, 3.63) is 23.8 Å². The van der Waals surface area contributed by atoms with Crippen molar-refractivity contribution < 1.29 is 4.79 Å². The van der Waals surface area contributed by atoms with Gasteiger partial charge in [0.15, 0.2) is 0 Å². The highest BCUT2D eigenvalue weighted by molar-refractivity contribution is 5.95. The smallest absolute Gasteiger partial charge is 0.241 e. The third kappa shape index (κ3) is 3.47. The minimum atomic E-state index is -0.474. The summed E-state index contributed by atoms with van der Waals surface area (Å²) in [7, 11) is 3.98. The number of rotatable bonds is 4. The number of carbonyl (C=O) groups excluding carboxylic acids is 1. The van der Waals surface area contributed by atoms with Crippen LogP contribution in [0.5, 0.6) is 0 Å². The lowest BCUT2D eigenvalue weighted by Crippen LogP contribution is -2.39. The Balaban J connectivity index is 2.83. The monoisotopic (exact) mass is 249 g/mol. The zero-order chi connectivity index (χ0) is 13.9. The highest BCUT2D eigenvalue weighted by Gasteiger charge is 2.17. The van der Waals surface area contributed by atoms with Crippen LogP contribution in [0.25, 0.3) is 0 Å². The van der Waals surface area contributed by atoms with Crippen molar-refractivity contribution in [2.75, 3.05) is 24.3 Å². The Morgan fingerprint density at radius 2 is 1.94 bits per heavy atom. The highest BCUT2D eigenvalue weighted by atomic mass is 16.2. The fourth-order valence-corrected chi connectivity index (χ4v) is 1.59. The van der Waals surface area contributed by atoms with Crippen LogP contribution in [0.1, 0.15) is 19.4 Å². The second kappa shape index (κ2) is 5.87. The zero-order valence-electron chi connectivity index (χ0n) is 11.8. The fourth-order valence-electron chi connectivity index (χ4n) is 1.59. The maximum absolute atomic E-state index is 11.9. The Hall–Kier alpha value is -1.55. The molecule has 4 nitrogen and oxygen atoms in total. The van der Waals surface area contributed by atoms with Crippen LogP contribution in [-0.2, 0) is 4.79 Å². The van der Waals surface area contributed by atoms with Crippen molar-refractivity contribution in [1.82, 2.24) is 0 Å². The van der Waals surface area contributed by atoms with E-state index in [1.54, 1.807) is 0 Å². The summed E-state index contributed by atoms with van der Waals surface area (Å²) in [4.78, 5) is 13.9. The number of benzene rings is 1. The molecule has 18 heavy (non-hydrogen) atoms. The molecule has 0 aliphatic rings. The van der Waals surface area contributed by atoms with E-state index in [1.165, 1.54) is 0 Å². The largest absolute Gasteiger partial charge is 0.378 e. The number of carbonyl (C=O) groups is 1. The van der Waals surface area contributed by atoms with Gasteiger partial charge in [-0.3, -0.25) is 4.79 Å². The predicted molar refractivity (Wildman–Crippen MR) is 76.9 cm³/mol. The first-order chi connectivity index (χ1) is 8.32. The molecule has 1 aromatic rings. The van der Waals surface area contributed by atoms with Gasteiger partial charge in [-0.25, -0.2) is 0 Å². The fraction of sp³-hybridized carbons (Fsp3) is 0.500. The summed E-state index contributed by atoms with van der Waals surface area (Å²) in [6.07, 6.45) is 0. The van der Waals surface area contributed by atoms with E-state index in [1.807, 2.05) is 58.0 Å². The number of anilines is 2. The first-order valence-corrected chi connectivity index (χ1v) is 6.17. The molecule has 0 unspecified atom stereocenters. The third-order valence-electron chi connectivity index (χ3n) is 3.01. The molecule has 0 bridgehead atoms. The summed E-state index contributed by atoms with van der Waals surface area (Å²) in [5, 5.41) is 2.87. The zero-order valence-corrected chi connectivity index (χ0v) is 11.8. The Bertz CT molecular complexity index is 427. The van der Waals surface area contributed by atoms with Crippen molar-refractivity contribution in [2.45, 2.75) is 26.8 Å². The molecule has 0 radical (unpaired) electrons. The van der Waals surface area contributed by atoms with Gasteiger partial charge in [0.25, 0.3) is 0 Å². The minimum Gasteiger partial charge on any atom is -0.378 e. The molecule has 1 amide bonds. The Morgan fingerprint density at radius 3 is 2.39 bits per heavy atom. The third-order valence-corrected chi connectivity index (χ3v) is 3.01. The van der Waals surface area contributed by atoms with E-state index >= 15 is 0 Å². The first-order valence-electron chi connectivity index (χ1n) is 6.17. The molecule has 0 aromatic heterocycles. The molecule has 0 heterocycles. The van der Waals surface area contributed by atoms with Crippen LogP contribution in [0, 0.1) is 12.8 Å². The number of hydrogen-bond acceptors (Lipinski definition) is 3. The molecule has 0 spiro atoms. The van der Waals surface area contributed by atoms with Crippen LogP contribution >= 0.6 is 0 Å². The van der Waals surface area contributed by atoms with E-state index in [-0.39, 0.29) is 11.8 Å². The summed E-state index contributed by atoms with van der Waals surface area (Å²) < 4.78 is 0. The number of nitrogens with zero attached hydrogens (tertiary/aromatic N) is 1. The van der Waals surface area contributed by atoms with Gasteiger partial charge in [0.2, 0.25) is 5.91 Å². The van der Waals surface area contributed by atoms with Crippen molar-refractivity contribution in [3.63, 3.8) is 0 Å². The number of aryl methyl sites for hydroxylation is 1. The molecule has 1 rings (SSSR count). The Labute approximate surface area is 109 Å². The lowest BCUT2D eigenvalue weighted by Gasteiger charge is -2.18. The lowest BCUT2D eigenvalue weighted by molar-refractivity contribution is -0.118. The van der Waals surface area contributed by atoms with E-state index in [2.05, 4.69) is 5.32 Å². The van der Waals surface area contributed by atoms with Gasteiger partial charge >= 0.3 is 0 Å². The average Bonchev–Trinajstić information content (AvgIpc) is 2.30. The maximum Gasteiger partial charge on any atom is 0.241 e. The van der Waals surface area contributed by atoms with E-state index in [0.29, 0.717) is 0 Å². The van der Waals surface area contributed by atoms with Gasteiger partial charge in [0, 0.05) is 25.5 Å². The van der Waals surface area contributed by atoms with Gasteiger partial charge < -0.3 is 16.0 Å². The van der Waals surface area contributed by atoms with Crippen LogP contribution in [-0.4, -0.2) is 26.0 Å². The molecular formula is C14H23N3O. The van der Waals surface area contributed by atoms with Gasteiger partial charge in [-0.2, -0.15) is 0 Å². The van der Waals surface area contributed by atoms with Crippen molar-refractivity contribution in [2.24, 2.45) is 11.7 Å². The molecule has 0 saturated carbocycles. The molecule has 0 aliphatic carbocycles. The number of nitrogens with one attached hydrogen (secondary N) is 1. The minimum absolute atomic E-state index is 0.131. The van der Waals surface area contributed by atoms with Gasteiger partial charge in [-0.05, 0) is 36.6 Å². The first kappa shape index (κ1) is 14.5. The summed E-state index contributed by atoms with van der Waals surface area (Å²) in [6, 6.07) is 5.45. The molecule has 100 valence electrons. The van der Waals surface area contributed by atoms with Crippen LogP contribution in [0.15, 0.2) is 18.2 Å². The van der Waals surface area contributed by atoms with Gasteiger partial charge in [-0.15, -0.1) is 0 Å².